The number of halogens is 1. The molecule has 0 bridgehead atoms. The van der Waals surface area contributed by atoms with Gasteiger partial charge in [0.2, 0.25) is 0 Å². The molecular formula is C17H16ClNOS. The number of thiophene rings is 1. The zero-order chi connectivity index (χ0) is 14.9. The Morgan fingerprint density at radius 3 is 2.67 bits per heavy atom. The summed E-state index contributed by atoms with van der Waals surface area (Å²) in [5.41, 5.74) is -0.505. The van der Waals surface area contributed by atoms with Gasteiger partial charge in [0.25, 0.3) is 5.91 Å². The summed E-state index contributed by atoms with van der Waals surface area (Å²) in [6.07, 6.45) is 10.7. The van der Waals surface area contributed by atoms with E-state index >= 15 is 0 Å². The van der Waals surface area contributed by atoms with Crippen LogP contribution in [0.3, 0.4) is 0 Å². The number of rotatable bonds is 2. The summed E-state index contributed by atoms with van der Waals surface area (Å²) in [5.74, 6) is 2.65. The average molecular weight is 318 g/mol. The van der Waals surface area contributed by atoms with Crippen LogP contribution in [0.25, 0.3) is 10.1 Å². The van der Waals surface area contributed by atoms with Gasteiger partial charge in [0, 0.05) is 10.1 Å². The number of carbonyl (C=O) groups excluding carboxylic acids is 1. The molecule has 3 rings (SSSR count). The van der Waals surface area contributed by atoms with Crippen molar-refractivity contribution in [1.29, 1.82) is 0 Å². The van der Waals surface area contributed by atoms with Crippen LogP contribution in [0.15, 0.2) is 24.3 Å². The van der Waals surface area contributed by atoms with Crippen LogP contribution in [0.1, 0.15) is 41.8 Å². The molecule has 0 aliphatic heterocycles. The zero-order valence-electron chi connectivity index (χ0n) is 11.6. The third-order valence-electron chi connectivity index (χ3n) is 4.08. The highest BCUT2D eigenvalue weighted by Gasteiger charge is 2.32. The van der Waals surface area contributed by atoms with Gasteiger partial charge < -0.3 is 5.32 Å². The minimum absolute atomic E-state index is 0.152. The lowest BCUT2D eigenvalue weighted by Crippen LogP contribution is -2.48. The Hall–Kier alpha value is -1.50. The molecule has 1 fully saturated rings. The molecule has 1 aromatic heterocycles. The Bertz CT molecular complexity index is 722. The fraction of sp³-hybridized carbons (Fsp3) is 0.353. The molecule has 0 radical (unpaired) electrons. The Morgan fingerprint density at radius 1 is 1.29 bits per heavy atom. The Kier molecular flexibility index (Phi) is 3.93. The van der Waals surface area contributed by atoms with Crippen molar-refractivity contribution in [3.63, 3.8) is 0 Å². The maximum absolute atomic E-state index is 12.6. The Balaban J connectivity index is 1.90. The molecule has 0 spiro atoms. The predicted molar refractivity (Wildman–Crippen MR) is 89.0 cm³/mol. The summed E-state index contributed by atoms with van der Waals surface area (Å²) < 4.78 is 1.02. The number of terminal acetylenes is 1. The van der Waals surface area contributed by atoms with E-state index in [1.807, 2.05) is 24.3 Å². The van der Waals surface area contributed by atoms with Crippen LogP contribution in [0.5, 0.6) is 0 Å². The van der Waals surface area contributed by atoms with E-state index < -0.39 is 5.54 Å². The number of carbonyl (C=O) groups is 1. The van der Waals surface area contributed by atoms with Crippen molar-refractivity contribution in [2.75, 3.05) is 0 Å². The largest absolute Gasteiger partial charge is 0.335 e. The highest BCUT2D eigenvalue weighted by molar-refractivity contribution is 7.21. The maximum Gasteiger partial charge on any atom is 0.264 e. The van der Waals surface area contributed by atoms with Gasteiger partial charge in [-0.3, -0.25) is 4.79 Å². The van der Waals surface area contributed by atoms with Crippen molar-refractivity contribution in [3.05, 3.63) is 34.2 Å². The first kappa shape index (κ1) is 14.4. The number of benzene rings is 1. The quantitative estimate of drug-likeness (QED) is 0.804. The number of nitrogens with one attached hydrogen (secondary N) is 1. The first-order valence-electron chi connectivity index (χ1n) is 7.12. The van der Waals surface area contributed by atoms with Gasteiger partial charge in [0.15, 0.2) is 0 Å². The lowest BCUT2D eigenvalue weighted by Gasteiger charge is -2.33. The minimum Gasteiger partial charge on any atom is -0.335 e. The summed E-state index contributed by atoms with van der Waals surface area (Å²) in [7, 11) is 0. The lowest BCUT2D eigenvalue weighted by molar-refractivity contribution is 0.0908. The molecule has 2 nitrogen and oxygen atoms in total. The molecule has 1 aromatic carbocycles. The van der Waals surface area contributed by atoms with Crippen LogP contribution in [0.2, 0.25) is 5.02 Å². The third kappa shape index (κ3) is 2.66. The van der Waals surface area contributed by atoms with Crippen LogP contribution < -0.4 is 5.32 Å². The zero-order valence-corrected chi connectivity index (χ0v) is 13.2. The van der Waals surface area contributed by atoms with Crippen molar-refractivity contribution in [1.82, 2.24) is 5.32 Å². The van der Waals surface area contributed by atoms with Gasteiger partial charge in [-0.05, 0) is 18.9 Å². The first-order valence-corrected chi connectivity index (χ1v) is 8.32. The van der Waals surface area contributed by atoms with E-state index in [2.05, 4.69) is 11.2 Å². The van der Waals surface area contributed by atoms with Crippen LogP contribution >= 0.6 is 22.9 Å². The van der Waals surface area contributed by atoms with Gasteiger partial charge in [-0.2, -0.15) is 0 Å². The molecule has 0 unspecified atom stereocenters. The molecule has 0 atom stereocenters. The number of fused-ring (bicyclic) bond motifs is 1. The van der Waals surface area contributed by atoms with Crippen molar-refractivity contribution in [2.24, 2.45) is 0 Å². The molecule has 1 amide bonds. The fourth-order valence-electron chi connectivity index (χ4n) is 2.89. The van der Waals surface area contributed by atoms with Gasteiger partial charge >= 0.3 is 0 Å². The van der Waals surface area contributed by atoms with Crippen molar-refractivity contribution >= 4 is 38.9 Å². The summed E-state index contributed by atoms with van der Waals surface area (Å²) >= 11 is 7.77. The molecule has 4 heteroatoms. The van der Waals surface area contributed by atoms with Gasteiger partial charge in [0.1, 0.15) is 10.4 Å². The molecule has 21 heavy (non-hydrogen) atoms. The molecule has 2 aromatic rings. The first-order chi connectivity index (χ1) is 10.2. The van der Waals surface area contributed by atoms with E-state index in [0.29, 0.717) is 9.90 Å². The molecule has 1 aliphatic rings. The summed E-state index contributed by atoms with van der Waals surface area (Å²) in [6.45, 7) is 0. The van der Waals surface area contributed by atoms with Crippen LogP contribution in [-0.4, -0.2) is 11.4 Å². The number of hydrogen-bond donors (Lipinski definition) is 1. The predicted octanol–water partition coefficient (Wildman–Crippen LogP) is 4.62. The van der Waals surface area contributed by atoms with Crippen molar-refractivity contribution in [3.8, 4) is 12.3 Å². The Morgan fingerprint density at radius 2 is 2.00 bits per heavy atom. The second-order valence-electron chi connectivity index (χ2n) is 5.48. The van der Waals surface area contributed by atoms with Crippen molar-refractivity contribution in [2.45, 2.75) is 37.6 Å². The highest BCUT2D eigenvalue weighted by Crippen LogP contribution is 2.36. The second kappa shape index (κ2) is 5.71. The third-order valence-corrected chi connectivity index (χ3v) is 5.75. The van der Waals surface area contributed by atoms with E-state index in [1.54, 1.807) is 0 Å². The second-order valence-corrected chi connectivity index (χ2v) is 6.91. The van der Waals surface area contributed by atoms with Crippen LogP contribution in [-0.2, 0) is 0 Å². The van der Waals surface area contributed by atoms with Gasteiger partial charge in [0.05, 0.1) is 5.02 Å². The van der Waals surface area contributed by atoms with E-state index in [4.69, 9.17) is 18.0 Å². The van der Waals surface area contributed by atoms with Crippen LogP contribution in [0, 0.1) is 12.3 Å². The summed E-state index contributed by atoms with van der Waals surface area (Å²) in [6, 6.07) is 7.77. The monoisotopic (exact) mass is 317 g/mol. The number of amides is 1. The normalized spacial score (nSPS) is 17.3. The minimum atomic E-state index is -0.505. The summed E-state index contributed by atoms with van der Waals surface area (Å²) in [4.78, 5) is 13.1. The van der Waals surface area contributed by atoms with E-state index in [0.717, 1.165) is 35.8 Å². The summed E-state index contributed by atoms with van der Waals surface area (Å²) in [5, 5.41) is 4.50. The van der Waals surface area contributed by atoms with Crippen LogP contribution in [0.4, 0.5) is 0 Å². The van der Waals surface area contributed by atoms with E-state index in [1.165, 1.54) is 17.8 Å². The van der Waals surface area contributed by atoms with E-state index in [-0.39, 0.29) is 5.91 Å². The maximum atomic E-state index is 12.6. The average Bonchev–Trinajstić information content (AvgIpc) is 2.86. The SMILES string of the molecule is C#CC1(NC(=O)c2sc3ccccc3c2Cl)CCCCC1. The Labute approximate surface area is 133 Å². The smallest absolute Gasteiger partial charge is 0.264 e. The molecule has 1 heterocycles. The topological polar surface area (TPSA) is 29.1 Å². The molecule has 0 saturated heterocycles. The standard InChI is InChI=1S/C17H16ClNOS/c1-2-17(10-6-3-7-11-17)19-16(20)15-14(18)12-8-4-5-9-13(12)21-15/h1,4-5,8-9H,3,6-7,10-11H2,(H,19,20). The molecule has 1 N–H and O–H groups in total. The molecular weight excluding hydrogens is 302 g/mol. The number of hydrogen-bond acceptors (Lipinski definition) is 2. The fourth-order valence-corrected chi connectivity index (χ4v) is 4.31. The van der Waals surface area contributed by atoms with Gasteiger partial charge in [-0.1, -0.05) is 55.0 Å². The lowest BCUT2D eigenvalue weighted by atomic mass is 9.82. The van der Waals surface area contributed by atoms with Gasteiger partial charge in [-0.25, -0.2) is 0 Å². The molecule has 1 aliphatic carbocycles. The van der Waals surface area contributed by atoms with Gasteiger partial charge in [-0.15, -0.1) is 17.8 Å². The highest BCUT2D eigenvalue weighted by atomic mass is 35.5. The molecule has 1 saturated carbocycles. The van der Waals surface area contributed by atoms with Crippen molar-refractivity contribution < 1.29 is 4.79 Å². The van der Waals surface area contributed by atoms with E-state index in [9.17, 15) is 4.79 Å². The molecule has 108 valence electrons.